The summed E-state index contributed by atoms with van der Waals surface area (Å²) in [7, 11) is 0. The Bertz CT molecular complexity index is 278. The van der Waals surface area contributed by atoms with Crippen molar-refractivity contribution in [3.05, 3.63) is 35.0 Å². The molecule has 0 amide bonds. The van der Waals surface area contributed by atoms with Gasteiger partial charge >= 0.3 is 97.7 Å². The van der Waals surface area contributed by atoms with E-state index in [1.165, 1.54) is 0 Å². The van der Waals surface area contributed by atoms with Gasteiger partial charge in [0.05, 0.1) is 0 Å². The zero-order valence-electron chi connectivity index (χ0n) is 6.10. The van der Waals surface area contributed by atoms with E-state index in [-0.39, 0.29) is 34.1 Å². The molecular weight excluding hydrogens is 415 g/mol. The Hall–Kier alpha value is 0.979. The molecule has 0 nitrogen and oxygen atoms in total. The maximum atomic E-state index is 2.30. The van der Waals surface area contributed by atoms with Crippen molar-refractivity contribution < 1.29 is 0 Å². The summed E-state index contributed by atoms with van der Waals surface area (Å²) in [5, 5.41) is 4.39. The van der Waals surface area contributed by atoms with Crippen molar-refractivity contribution in [3.8, 4) is 0 Å². The van der Waals surface area contributed by atoms with E-state index in [9.17, 15) is 0 Å². The average molecular weight is 421 g/mol. The van der Waals surface area contributed by atoms with Crippen LogP contribution in [0.4, 0.5) is 0 Å². The fraction of sp³-hybridized carbons (Fsp3) is 0. The molecule has 0 aliphatic heterocycles. The summed E-state index contributed by atoms with van der Waals surface area (Å²) in [4.78, 5) is 0. The standard InChI is InChI=1S/C8H6S2Te2/c1-3-7(9-5-1)11-12-8-4-2-6-10-8/h1-6H. The number of hydrogen-bond acceptors (Lipinski definition) is 2. The summed E-state index contributed by atoms with van der Waals surface area (Å²) in [6, 6.07) is 8.94. The van der Waals surface area contributed by atoms with Crippen molar-refractivity contribution in [3.63, 3.8) is 0 Å². The number of hydrogen-bond donors (Lipinski definition) is 0. The van der Waals surface area contributed by atoms with Crippen LogP contribution in [-0.2, 0) is 0 Å². The first-order chi connectivity index (χ1) is 5.95. The molecule has 0 fully saturated rings. The van der Waals surface area contributed by atoms with Gasteiger partial charge in [-0.3, -0.25) is 0 Å². The van der Waals surface area contributed by atoms with Crippen LogP contribution in [0.2, 0.25) is 0 Å². The van der Waals surface area contributed by atoms with Gasteiger partial charge in [0.1, 0.15) is 0 Å². The van der Waals surface area contributed by atoms with Gasteiger partial charge in [0.15, 0.2) is 0 Å². The molecule has 2 rings (SSSR count). The Morgan fingerprint density at radius 2 is 1.33 bits per heavy atom. The number of thiophene rings is 2. The van der Waals surface area contributed by atoms with E-state index in [0.29, 0.717) is 0 Å². The SMILES string of the molecule is c1csc([Te][Te]c2cccs2)c1. The molecule has 12 heavy (non-hydrogen) atoms. The Labute approximate surface area is 96.3 Å². The summed E-state index contributed by atoms with van der Waals surface area (Å²) < 4.78 is 3.35. The monoisotopic (exact) mass is 426 g/mol. The molecule has 0 bridgehead atoms. The molecule has 0 aliphatic rings. The van der Waals surface area contributed by atoms with E-state index in [0.717, 1.165) is 0 Å². The van der Waals surface area contributed by atoms with Crippen LogP contribution in [0.3, 0.4) is 0 Å². The molecule has 2 aromatic rings. The number of rotatable bonds is 3. The van der Waals surface area contributed by atoms with Crippen molar-refractivity contribution in [2.24, 2.45) is 0 Å². The quantitative estimate of drug-likeness (QED) is 0.651. The summed E-state index contributed by atoms with van der Waals surface area (Å²) in [6.45, 7) is 0. The minimum absolute atomic E-state index is 0.198. The van der Waals surface area contributed by atoms with Gasteiger partial charge in [-0.2, -0.15) is 0 Å². The van der Waals surface area contributed by atoms with Crippen molar-refractivity contribution >= 4 is 62.6 Å². The molecule has 0 unspecified atom stereocenters. The molecule has 0 aromatic carbocycles. The maximum absolute atomic E-state index is 2.30. The van der Waals surface area contributed by atoms with E-state index < -0.39 is 0 Å². The summed E-state index contributed by atoms with van der Waals surface area (Å²) in [5.74, 6) is 0. The van der Waals surface area contributed by atoms with Crippen molar-refractivity contribution in [2.45, 2.75) is 0 Å². The van der Waals surface area contributed by atoms with E-state index in [2.05, 4.69) is 35.0 Å². The van der Waals surface area contributed by atoms with Crippen LogP contribution >= 0.6 is 22.7 Å². The Morgan fingerprint density at radius 1 is 0.833 bits per heavy atom. The molecular formula is C8H6S2Te2. The van der Waals surface area contributed by atoms with Crippen LogP contribution in [0.15, 0.2) is 35.0 Å². The Morgan fingerprint density at radius 3 is 1.67 bits per heavy atom. The predicted molar refractivity (Wildman–Crippen MR) is 59.4 cm³/mol. The molecule has 0 saturated carbocycles. The van der Waals surface area contributed by atoms with Crippen LogP contribution in [0.1, 0.15) is 0 Å². The third-order valence-electron chi connectivity index (χ3n) is 1.20. The summed E-state index contributed by atoms with van der Waals surface area (Å²) in [5.41, 5.74) is 0. The zero-order chi connectivity index (χ0) is 8.23. The molecule has 62 valence electrons. The molecule has 0 N–H and O–H groups in total. The predicted octanol–water partition coefficient (Wildman–Crippen LogP) is 1.08. The fourth-order valence-corrected chi connectivity index (χ4v) is 17.4. The van der Waals surface area contributed by atoms with Crippen LogP contribution in [0.5, 0.6) is 0 Å². The van der Waals surface area contributed by atoms with Crippen LogP contribution in [-0.4, -0.2) is 34.1 Å². The van der Waals surface area contributed by atoms with Crippen molar-refractivity contribution in [2.75, 3.05) is 0 Å². The molecule has 0 radical (unpaired) electrons. The minimum atomic E-state index is 0.198. The average Bonchev–Trinajstić information content (AvgIpc) is 2.74. The molecule has 0 aliphatic carbocycles. The van der Waals surface area contributed by atoms with Gasteiger partial charge in [-0.05, 0) is 0 Å². The van der Waals surface area contributed by atoms with Gasteiger partial charge in [0, 0.05) is 0 Å². The van der Waals surface area contributed by atoms with Gasteiger partial charge in [-0.15, -0.1) is 0 Å². The summed E-state index contributed by atoms with van der Waals surface area (Å²) in [6.07, 6.45) is 0. The van der Waals surface area contributed by atoms with Crippen LogP contribution in [0, 0.1) is 0 Å². The van der Waals surface area contributed by atoms with Gasteiger partial charge in [0.25, 0.3) is 0 Å². The van der Waals surface area contributed by atoms with E-state index in [1.807, 2.05) is 22.7 Å². The first-order valence-electron chi connectivity index (χ1n) is 3.37. The topological polar surface area (TPSA) is 0 Å². The van der Waals surface area contributed by atoms with Gasteiger partial charge in [-0.25, -0.2) is 0 Å². The third-order valence-corrected chi connectivity index (χ3v) is 20.1. The molecule has 2 aromatic heterocycles. The molecule has 2 heterocycles. The van der Waals surface area contributed by atoms with Crippen LogP contribution in [0.25, 0.3) is 0 Å². The second kappa shape index (κ2) is 5.01. The second-order valence-electron chi connectivity index (χ2n) is 2.03. The van der Waals surface area contributed by atoms with Crippen molar-refractivity contribution in [1.29, 1.82) is 0 Å². The molecule has 0 spiro atoms. The Kier molecular flexibility index (Phi) is 3.98. The van der Waals surface area contributed by atoms with E-state index in [1.54, 1.807) is 5.85 Å². The van der Waals surface area contributed by atoms with Crippen molar-refractivity contribution in [1.82, 2.24) is 0 Å². The zero-order valence-corrected chi connectivity index (χ0v) is 12.4. The Balaban J connectivity index is 1.91. The molecule has 4 heteroatoms. The van der Waals surface area contributed by atoms with Gasteiger partial charge in [0.2, 0.25) is 0 Å². The second-order valence-corrected chi connectivity index (χ2v) is 15.4. The van der Waals surface area contributed by atoms with E-state index in [4.69, 9.17) is 0 Å². The fourth-order valence-electron chi connectivity index (χ4n) is 0.704. The van der Waals surface area contributed by atoms with Gasteiger partial charge < -0.3 is 0 Å². The first-order valence-corrected chi connectivity index (χ1v) is 14.8. The summed E-state index contributed by atoms with van der Waals surface area (Å²) >= 11 is 4.27. The normalized spacial score (nSPS) is 10.3. The van der Waals surface area contributed by atoms with E-state index >= 15 is 0 Å². The molecule has 0 saturated heterocycles. The first kappa shape index (κ1) is 9.53. The molecule has 0 atom stereocenters. The van der Waals surface area contributed by atoms with Gasteiger partial charge in [-0.1, -0.05) is 0 Å². The van der Waals surface area contributed by atoms with Crippen LogP contribution < -0.4 is 5.85 Å². The third kappa shape index (κ3) is 2.74.